The average Bonchev–Trinajstić information content (AvgIpc) is 2.86. The first-order valence-corrected chi connectivity index (χ1v) is 8.84. The molecule has 0 aliphatic carbocycles. The van der Waals surface area contributed by atoms with Crippen LogP contribution in [-0.4, -0.2) is 30.8 Å². The molecule has 1 aliphatic heterocycles. The van der Waals surface area contributed by atoms with E-state index in [9.17, 15) is 4.79 Å². The van der Waals surface area contributed by atoms with Crippen molar-refractivity contribution in [1.82, 2.24) is 4.98 Å². The number of fused-ring (bicyclic) bond motifs is 1. The van der Waals surface area contributed by atoms with Crippen LogP contribution in [0.1, 0.15) is 23.1 Å². The van der Waals surface area contributed by atoms with Gasteiger partial charge in [-0.05, 0) is 47.9 Å². The SMILES string of the molecule is Cc1cncc(/C=C/C(=O)OCCc2cc(Cl)c3c(c2)OCCCO3)c1. The van der Waals surface area contributed by atoms with Gasteiger partial charge in [0.15, 0.2) is 11.5 Å². The molecule has 0 radical (unpaired) electrons. The van der Waals surface area contributed by atoms with Crippen LogP contribution >= 0.6 is 11.6 Å². The molecule has 0 N–H and O–H groups in total. The van der Waals surface area contributed by atoms with E-state index < -0.39 is 5.97 Å². The molecule has 5 nitrogen and oxygen atoms in total. The molecule has 6 heteroatoms. The minimum atomic E-state index is -0.396. The fourth-order valence-corrected chi connectivity index (χ4v) is 2.87. The maximum Gasteiger partial charge on any atom is 0.330 e. The number of rotatable bonds is 5. The second-order valence-corrected chi connectivity index (χ2v) is 6.41. The number of esters is 1. The van der Waals surface area contributed by atoms with Gasteiger partial charge in [0.25, 0.3) is 0 Å². The van der Waals surface area contributed by atoms with E-state index in [2.05, 4.69) is 4.98 Å². The highest BCUT2D eigenvalue weighted by Crippen LogP contribution is 2.38. The first-order valence-electron chi connectivity index (χ1n) is 8.46. The lowest BCUT2D eigenvalue weighted by Crippen LogP contribution is -2.05. The molecule has 1 aromatic heterocycles. The number of ether oxygens (including phenoxy) is 3. The molecular formula is C20H20ClNO4. The highest BCUT2D eigenvalue weighted by atomic mass is 35.5. The van der Waals surface area contributed by atoms with Crippen molar-refractivity contribution >= 4 is 23.6 Å². The van der Waals surface area contributed by atoms with E-state index in [1.54, 1.807) is 18.5 Å². The van der Waals surface area contributed by atoms with E-state index in [4.69, 9.17) is 25.8 Å². The van der Waals surface area contributed by atoms with Gasteiger partial charge in [-0.15, -0.1) is 0 Å². The highest BCUT2D eigenvalue weighted by Gasteiger charge is 2.15. The van der Waals surface area contributed by atoms with Crippen molar-refractivity contribution in [2.24, 2.45) is 0 Å². The van der Waals surface area contributed by atoms with Gasteiger partial charge in [0.1, 0.15) is 0 Å². The van der Waals surface area contributed by atoms with E-state index in [1.165, 1.54) is 6.08 Å². The lowest BCUT2D eigenvalue weighted by Gasteiger charge is -2.11. The number of pyridine rings is 1. The zero-order chi connectivity index (χ0) is 18.4. The van der Waals surface area contributed by atoms with Crippen molar-refractivity contribution in [3.05, 3.63) is 58.4 Å². The molecule has 0 fully saturated rings. The van der Waals surface area contributed by atoms with E-state index in [-0.39, 0.29) is 6.61 Å². The van der Waals surface area contributed by atoms with Crippen molar-refractivity contribution in [3.8, 4) is 11.5 Å². The maximum absolute atomic E-state index is 11.8. The molecule has 0 saturated heterocycles. The van der Waals surface area contributed by atoms with E-state index >= 15 is 0 Å². The molecular weight excluding hydrogens is 354 g/mol. The van der Waals surface area contributed by atoms with Gasteiger partial charge in [0.2, 0.25) is 0 Å². The first-order chi connectivity index (χ1) is 12.6. The van der Waals surface area contributed by atoms with Crippen molar-refractivity contribution in [2.45, 2.75) is 19.8 Å². The summed E-state index contributed by atoms with van der Waals surface area (Å²) in [7, 11) is 0. The number of aromatic nitrogens is 1. The molecule has 136 valence electrons. The van der Waals surface area contributed by atoms with Crippen LogP contribution in [0, 0.1) is 6.92 Å². The van der Waals surface area contributed by atoms with E-state index in [1.807, 2.05) is 25.1 Å². The van der Waals surface area contributed by atoms with Gasteiger partial charge < -0.3 is 14.2 Å². The zero-order valence-corrected chi connectivity index (χ0v) is 15.3. The lowest BCUT2D eigenvalue weighted by atomic mass is 10.1. The number of benzene rings is 1. The zero-order valence-electron chi connectivity index (χ0n) is 14.5. The summed E-state index contributed by atoms with van der Waals surface area (Å²) in [5.41, 5.74) is 2.82. The van der Waals surface area contributed by atoms with Crippen LogP contribution in [0.3, 0.4) is 0 Å². The maximum atomic E-state index is 11.8. The number of hydrogen-bond acceptors (Lipinski definition) is 5. The number of halogens is 1. The predicted octanol–water partition coefficient (Wildman–Crippen LogP) is 4.00. The Morgan fingerprint density at radius 2 is 2.12 bits per heavy atom. The molecule has 1 aromatic carbocycles. The Labute approximate surface area is 157 Å². The smallest absolute Gasteiger partial charge is 0.330 e. The largest absolute Gasteiger partial charge is 0.489 e. The van der Waals surface area contributed by atoms with Gasteiger partial charge in [-0.3, -0.25) is 4.98 Å². The third-order valence-corrected chi connectivity index (χ3v) is 4.09. The quantitative estimate of drug-likeness (QED) is 0.585. The molecule has 2 heterocycles. The average molecular weight is 374 g/mol. The molecule has 3 rings (SSSR count). The Kier molecular flexibility index (Phi) is 6.12. The summed E-state index contributed by atoms with van der Waals surface area (Å²) in [6.45, 7) is 3.39. The molecule has 0 bridgehead atoms. The van der Waals surface area contributed by atoms with Gasteiger partial charge >= 0.3 is 5.97 Å². The Bertz CT molecular complexity index is 819. The van der Waals surface area contributed by atoms with E-state index in [0.717, 1.165) is 23.1 Å². The summed E-state index contributed by atoms with van der Waals surface area (Å²) in [6, 6.07) is 5.64. The van der Waals surface area contributed by atoms with Gasteiger partial charge in [0.05, 0.1) is 24.8 Å². The summed E-state index contributed by atoms with van der Waals surface area (Å²) >= 11 is 6.26. The summed E-state index contributed by atoms with van der Waals surface area (Å²) in [4.78, 5) is 15.9. The van der Waals surface area contributed by atoms with E-state index in [0.29, 0.717) is 36.2 Å². The summed E-state index contributed by atoms with van der Waals surface area (Å²) < 4.78 is 16.5. The molecule has 0 saturated carbocycles. The van der Waals surface area contributed by atoms with Crippen molar-refractivity contribution in [3.63, 3.8) is 0 Å². The molecule has 26 heavy (non-hydrogen) atoms. The minimum absolute atomic E-state index is 0.255. The fourth-order valence-electron chi connectivity index (χ4n) is 2.58. The van der Waals surface area contributed by atoms with Crippen LogP contribution in [-0.2, 0) is 16.0 Å². The van der Waals surface area contributed by atoms with Gasteiger partial charge in [-0.1, -0.05) is 11.6 Å². The van der Waals surface area contributed by atoms with Gasteiger partial charge in [-0.2, -0.15) is 0 Å². The number of nitrogens with zero attached hydrogens (tertiary/aromatic N) is 1. The Morgan fingerprint density at radius 3 is 2.96 bits per heavy atom. The number of aryl methyl sites for hydroxylation is 1. The fraction of sp³-hybridized carbons (Fsp3) is 0.300. The van der Waals surface area contributed by atoms with Crippen LogP contribution in [0.15, 0.2) is 36.7 Å². The van der Waals surface area contributed by atoms with Crippen molar-refractivity contribution in [1.29, 1.82) is 0 Å². The number of carbonyl (C=O) groups excluding carboxylic acids is 1. The Hall–Kier alpha value is -2.53. The third kappa shape index (κ3) is 4.99. The molecule has 1 aliphatic rings. The predicted molar refractivity (Wildman–Crippen MR) is 99.7 cm³/mol. The van der Waals surface area contributed by atoms with Gasteiger partial charge in [0, 0.05) is 31.3 Å². The molecule has 2 aromatic rings. The molecule has 0 atom stereocenters. The summed E-state index contributed by atoms with van der Waals surface area (Å²) in [5, 5.41) is 0.512. The monoisotopic (exact) mass is 373 g/mol. The standard InChI is InChI=1S/C20H20ClNO4/c1-14-9-16(13-22-12-14)3-4-19(23)25-8-5-15-10-17(21)20-18(11-15)24-6-2-7-26-20/h3-4,9-13H,2,5-8H2,1H3/b4-3+. The third-order valence-electron chi connectivity index (χ3n) is 3.80. The minimum Gasteiger partial charge on any atom is -0.489 e. The van der Waals surface area contributed by atoms with Crippen LogP contribution in [0.4, 0.5) is 0 Å². The summed E-state index contributed by atoms with van der Waals surface area (Å²) in [5.74, 6) is 0.828. The van der Waals surface area contributed by atoms with Crippen molar-refractivity contribution in [2.75, 3.05) is 19.8 Å². The Balaban J connectivity index is 1.54. The normalized spacial score (nSPS) is 13.5. The first kappa shape index (κ1) is 18.3. The van der Waals surface area contributed by atoms with Crippen LogP contribution in [0.25, 0.3) is 6.08 Å². The Morgan fingerprint density at radius 1 is 1.27 bits per heavy atom. The van der Waals surface area contributed by atoms with Crippen LogP contribution in [0.2, 0.25) is 5.02 Å². The van der Waals surface area contributed by atoms with Crippen LogP contribution < -0.4 is 9.47 Å². The van der Waals surface area contributed by atoms with Gasteiger partial charge in [-0.25, -0.2) is 4.79 Å². The highest BCUT2D eigenvalue weighted by molar-refractivity contribution is 6.32. The van der Waals surface area contributed by atoms with Crippen molar-refractivity contribution < 1.29 is 19.0 Å². The van der Waals surface area contributed by atoms with Crippen LogP contribution in [0.5, 0.6) is 11.5 Å². The molecule has 0 amide bonds. The number of carbonyl (C=O) groups is 1. The molecule has 0 unspecified atom stereocenters. The number of hydrogen-bond donors (Lipinski definition) is 0. The summed E-state index contributed by atoms with van der Waals surface area (Å²) in [6.07, 6.45) is 7.90. The second kappa shape index (κ2) is 8.72. The molecule has 0 spiro atoms. The second-order valence-electron chi connectivity index (χ2n) is 6.00. The topological polar surface area (TPSA) is 57.7 Å². The lowest BCUT2D eigenvalue weighted by molar-refractivity contribution is -0.137.